The normalized spacial score (nSPS) is 17.7. The van der Waals surface area contributed by atoms with Crippen molar-refractivity contribution in [2.24, 2.45) is 0 Å². The van der Waals surface area contributed by atoms with Gasteiger partial charge in [0.25, 0.3) is 5.91 Å². The van der Waals surface area contributed by atoms with E-state index in [1.54, 1.807) is 7.11 Å². The number of hydrogen-bond acceptors (Lipinski definition) is 5. The van der Waals surface area contributed by atoms with E-state index in [1.807, 2.05) is 43.0 Å². The second kappa shape index (κ2) is 6.52. The van der Waals surface area contributed by atoms with Crippen molar-refractivity contribution in [2.75, 3.05) is 13.7 Å². The molecule has 1 amide bonds. The summed E-state index contributed by atoms with van der Waals surface area (Å²) in [5, 5.41) is 5.07. The Labute approximate surface area is 151 Å². The van der Waals surface area contributed by atoms with Crippen LogP contribution in [0.2, 0.25) is 0 Å². The molecule has 3 heterocycles. The van der Waals surface area contributed by atoms with Crippen molar-refractivity contribution in [3.05, 3.63) is 47.0 Å². The van der Waals surface area contributed by atoms with Crippen LogP contribution in [0.1, 0.15) is 52.9 Å². The standard InChI is InChI=1S/C20H22N2O4/c1-12-10-16(21-26-12)17-6-4-5-9-22(17)20(23)19-13(2)15-8-7-14(24-3)11-18(15)25-19/h7-8,10-11,17H,4-6,9H2,1-3H3. The molecule has 0 saturated carbocycles. The lowest BCUT2D eigenvalue weighted by Crippen LogP contribution is -2.38. The molecule has 6 heteroatoms. The largest absolute Gasteiger partial charge is 0.497 e. The molecule has 1 saturated heterocycles. The highest BCUT2D eigenvalue weighted by Crippen LogP contribution is 2.35. The number of rotatable bonds is 3. The minimum absolute atomic E-state index is 0.0733. The number of nitrogens with zero attached hydrogens (tertiary/aromatic N) is 2. The van der Waals surface area contributed by atoms with Gasteiger partial charge in [-0.2, -0.15) is 0 Å². The number of piperidine rings is 1. The van der Waals surface area contributed by atoms with Crippen molar-refractivity contribution in [2.45, 2.75) is 39.2 Å². The van der Waals surface area contributed by atoms with Crippen LogP contribution in [0.4, 0.5) is 0 Å². The third-order valence-electron chi connectivity index (χ3n) is 5.09. The van der Waals surface area contributed by atoms with Crippen LogP contribution in [0.3, 0.4) is 0 Å². The highest BCUT2D eigenvalue weighted by molar-refractivity contribution is 5.99. The molecule has 4 rings (SSSR count). The molecular formula is C20H22N2O4. The Morgan fingerprint density at radius 2 is 2.12 bits per heavy atom. The lowest BCUT2D eigenvalue weighted by molar-refractivity contribution is 0.0570. The summed E-state index contributed by atoms with van der Waals surface area (Å²) >= 11 is 0. The summed E-state index contributed by atoms with van der Waals surface area (Å²) in [5.41, 5.74) is 2.33. The molecular weight excluding hydrogens is 332 g/mol. The first-order valence-electron chi connectivity index (χ1n) is 8.90. The van der Waals surface area contributed by atoms with Crippen molar-refractivity contribution in [3.63, 3.8) is 0 Å². The van der Waals surface area contributed by atoms with Crippen molar-refractivity contribution >= 4 is 16.9 Å². The summed E-state index contributed by atoms with van der Waals surface area (Å²) in [6.45, 7) is 4.47. The zero-order chi connectivity index (χ0) is 18.3. The van der Waals surface area contributed by atoms with E-state index in [-0.39, 0.29) is 11.9 Å². The third kappa shape index (κ3) is 2.75. The van der Waals surface area contributed by atoms with Gasteiger partial charge in [0.2, 0.25) is 0 Å². The number of aryl methyl sites for hydroxylation is 2. The van der Waals surface area contributed by atoms with Gasteiger partial charge in [0.1, 0.15) is 22.8 Å². The fraction of sp³-hybridized carbons (Fsp3) is 0.400. The van der Waals surface area contributed by atoms with Gasteiger partial charge in [0.05, 0.1) is 13.2 Å². The number of ether oxygens (including phenoxy) is 1. The summed E-state index contributed by atoms with van der Waals surface area (Å²) in [5.74, 6) is 1.76. The fourth-order valence-corrected chi connectivity index (χ4v) is 3.69. The maximum atomic E-state index is 13.3. The Morgan fingerprint density at radius 1 is 1.27 bits per heavy atom. The van der Waals surface area contributed by atoms with Crippen LogP contribution >= 0.6 is 0 Å². The minimum Gasteiger partial charge on any atom is -0.497 e. The number of benzene rings is 1. The van der Waals surface area contributed by atoms with Crippen LogP contribution in [0.5, 0.6) is 5.75 Å². The van der Waals surface area contributed by atoms with Crippen molar-refractivity contribution < 1.29 is 18.5 Å². The molecule has 0 aliphatic carbocycles. The topological polar surface area (TPSA) is 68.7 Å². The number of methoxy groups -OCH3 is 1. The fourth-order valence-electron chi connectivity index (χ4n) is 3.69. The summed E-state index contributed by atoms with van der Waals surface area (Å²) in [7, 11) is 1.61. The van der Waals surface area contributed by atoms with Gasteiger partial charge < -0.3 is 18.6 Å². The number of aromatic nitrogens is 1. The van der Waals surface area contributed by atoms with E-state index in [2.05, 4.69) is 5.16 Å². The molecule has 0 spiro atoms. The van der Waals surface area contributed by atoms with Gasteiger partial charge in [0, 0.05) is 29.6 Å². The van der Waals surface area contributed by atoms with Crippen LogP contribution in [0.25, 0.3) is 11.0 Å². The predicted octanol–water partition coefficient (Wildman–Crippen LogP) is 4.41. The molecule has 0 N–H and O–H groups in total. The van der Waals surface area contributed by atoms with E-state index in [0.29, 0.717) is 23.6 Å². The molecule has 1 aliphatic heterocycles. The molecule has 136 valence electrons. The highest BCUT2D eigenvalue weighted by Gasteiger charge is 2.33. The second-order valence-corrected chi connectivity index (χ2v) is 6.79. The van der Waals surface area contributed by atoms with Gasteiger partial charge in [-0.3, -0.25) is 4.79 Å². The quantitative estimate of drug-likeness (QED) is 0.697. The van der Waals surface area contributed by atoms with Crippen LogP contribution in [-0.4, -0.2) is 29.6 Å². The van der Waals surface area contributed by atoms with Crippen LogP contribution in [-0.2, 0) is 0 Å². The van der Waals surface area contributed by atoms with Crippen molar-refractivity contribution in [3.8, 4) is 5.75 Å². The highest BCUT2D eigenvalue weighted by atomic mass is 16.5. The Bertz CT molecular complexity index is 956. The lowest BCUT2D eigenvalue weighted by atomic mass is 9.98. The van der Waals surface area contributed by atoms with Gasteiger partial charge in [-0.25, -0.2) is 0 Å². The van der Waals surface area contributed by atoms with Gasteiger partial charge >= 0.3 is 0 Å². The Kier molecular flexibility index (Phi) is 4.18. The van der Waals surface area contributed by atoms with E-state index in [0.717, 1.165) is 41.7 Å². The van der Waals surface area contributed by atoms with Gasteiger partial charge in [-0.1, -0.05) is 5.16 Å². The number of fused-ring (bicyclic) bond motifs is 1. The van der Waals surface area contributed by atoms with E-state index in [9.17, 15) is 4.79 Å². The molecule has 2 aromatic heterocycles. The zero-order valence-electron chi connectivity index (χ0n) is 15.2. The van der Waals surface area contributed by atoms with E-state index < -0.39 is 0 Å². The van der Waals surface area contributed by atoms with E-state index in [4.69, 9.17) is 13.7 Å². The summed E-state index contributed by atoms with van der Waals surface area (Å²) in [4.78, 5) is 15.1. The van der Waals surface area contributed by atoms with Gasteiger partial charge in [-0.15, -0.1) is 0 Å². The molecule has 1 fully saturated rings. The monoisotopic (exact) mass is 354 g/mol. The number of amides is 1. The lowest BCUT2D eigenvalue weighted by Gasteiger charge is -2.34. The molecule has 1 atom stereocenters. The first-order valence-corrected chi connectivity index (χ1v) is 8.90. The Morgan fingerprint density at radius 3 is 2.85 bits per heavy atom. The first-order chi connectivity index (χ1) is 12.6. The molecule has 6 nitrogen and oxygen atoms in total. The van der Waals surface area contributed by atoms with Crippen LogP contribution < -0.4 is 4.74 Å². The molecule has 0 radical (unpaired) electrons. The van der Waals surface area contributed by atoms with Crippen molar-refractivity contribution in [1.29, 1.82) is 0 Å². The smallest absolute Gasteiger partial charge is 0.290 e. The molecule has 3 aromatic rings. The van der Waals surface area contributed by atoms with Crippen LogP contribution in [0, 0.1) is 13.8 Å². The number of hydrogen-bond donors (Lipinski definition) is 0. The number of carbonyl (C=O) groups is 1. The maximum Gasteiger partial charge on any atom is 0.290 e. The van der Waals surface area contributed by atoms with Crippen molar-refractivity contribution in [1.82, 2.24) is 10.1 Å². The molecule has 0 bridgehead atoms. The summed E-state index contributed by atoms with van der Waals surface area (Å²) < 4.78 is 16.4. The predicted molar refractivity (Wildman–Crippen MR) is 96.4 cm³/mol. The summed E-state index contributed by atoms with van der Waals surface area (Å²) in [6, 6.07) is 7.45. The van der Waals surface area contributed by atoms with Gasteiger partial charge in [-0.05, 0) is 45.2 Å². The first kappa shape index (κ1) is 16.7. The third-order valence-corrected chi connectivity index (χ3v) is 5.09. The average Bonchev–Trinajstić information content (AvgIpc) is 3.24. The Hall–Kier alpha value is -2.76. The average molecular weight is 354 g/mol. The second-order valence-electron chi connectivity index (χ2n) is 6.79. The molecule has 26 heavy (non-hydrogen) atoms. The maximum absolute atomic E-state index is 13.3. The number of furan rings is 1. The van der Waals surface area contributed by atoms with Gasteiger partial charge in [0.15, 0.2) is 5.76 Å². The summed E-state index contributed by atoms with van der Waals surface area (Å²) in [6.07, 6.45) is 2.92. The Balaban J connectivity index is 1.71. The van der Waals surface area contributed by atoms with E-state index in [1.165, 1.54) is 0 Å². The number of carbonyl (C=O) groups excluding carboxylic acids is 1. The SMILES string of the molecule is COc1ccc2c(C)c(C(=O)N3CCCCC3c3cc(C)on3)oc2c1. The molecule has 1 aliphatic rings. The molecule has 1 unspecified atom stereocenters. The van der Waals surface area contributed by atoms with Crippen LogP contribution in [0.15, 0.2) is 33.2 Å². The minimum atomic E-state index is -0.0944. The number of likely N-dealkylation sites (tertiary alicyclic amines) is 1. The zero-order valence-corrected chi connectivity index (χ0v) is 15.2. The molecule has 1 aromatic carbocycles. The van der Waals surface area contributed by atoms with E-state index >= 15 is 0 Å².